The molecule has 3 nitrogen and oxygen atoms in total. The smallest absolute Gasteiger partial charge is 0.165 e. The fraction of sp³-hybridized carbons (Fsp3) is 0.421. The fourth-order valence-corrected chi connectivity index (χ4v) is 3.45. The van der Waals surface area contributed by atoms with Crippen LogP contribution in [0.3, 0.4) is 0 Å². The van der Waals surface area contributed by atoms with E-state index in [-0.39, 0.29) is 0 Å². The zero-order valence-electron chi connectivity index (χ0n) is 13.7. The van der Waals surface area contributed by atoms with Crippen molar-refractivity contribution >= 4 is 5.78 Å². The fourth-order valence-electron chi connectivity index (χ4n) is 3.45. The summed E-state index contributed by atoms with van der Waals surface area (Å²) < 4.78 is 2.29. The molecule has 1 aliphatic rings. The number of hydrogen-bond donors (Lipinski definition) is 0. The quantitative estimate of drug-likeness (QED) is 0.865. The van der Waals surface area contributed by atoms with Gasteiger partial charge in [0.25, 0.3) is 0 Å². The number of nitrogens with zero attached hydrogens (tertiary/aromatic N) is 2. The molecule has 3 heteroatoms. The highest BCUT2D eigenvalue weighted by atomic mass is 16.1. The maximum atomic E-state index is 12.6. The minimum atomic E-state index is 0.302. The van der Waals surface area contributed by atoms with Gasteiger partial charge in [-0.1, -0.05) is 30.3 Å². The molecule has 0 spiro atoms. The van der Waals surface area contributed by atoms with Gasteiger partial charge in [-0.25, -0.2) is 0 Å². The highest BCUT2D eigenvalue weighted by molar-refractivity contribution is 6.00. The van der Waals surface area contributed by atoms with Gasteiger partial charge in [0.2, 0.25) is 0 Å². The van der Waals surface area contributed by atoms with Crippen molar-refractivity contribution in [2.45, 2.75) is 32.2 Å². The van der Waals surface area contributed by atoms with Crippen LogP contribution in [0.15, 0.2) is 36.5 Å². The van der Waals surface area contributed by atoms with Crippen LogP contribution >= 0.6 is 0 Å². The van der Waals surface area contributed by atoms with Gasteiger partial charge in [-0.15, -0.1) is 0 Å². The maximum absolute atomic E-state index is 12.6. The van der Waals surface area contributed by atoms with E-state index in [1.54, 1.807) is 0 Å². The molecule has 1 aromatic heterocycles. The number of aromatic nitrogens is 1. The number of Topliss-reactive ketones (excluding diaryl/α,β-unsaturated/α-hetero) is 1. The normalized spacial score (nSPS) is 17.8. The number of benzene rings is 1. The highest BCUT2D eigenvalue weighted by Gasteiger charge is 2.30. The van der Waals surface area contributed by atoms with Crippen molar-refractivity contribution in [2.75, 3.05) is 20.6 Å². The molecule has 0 saturated carbocycles. The Bertz CT molecular complexity index is 670. The lowest BCUT2D eigenvalue weighted by Gasteiger charge is -2.24. The number of carbonyl (C=O) groups excluding carboxylic acids is 1. The third-order valence-corrected chi connectivity index (χ3v) is 4.59. The maximum Gasteiger partial charge on any atom is 0.165 e. The molecule has 0 bridgehead atoms. The second-order valence-corrected chi connectivity index (χ2v) is 6.57. The molecular weight excluding hydrogens is 272 g/mol. The van der Waals surface area contributed by atoms with Crippen LogP contribution in [0.25, 0.3) is 0 Å². The zero-order chi connectivity index (χ0) is 15.7. The van der Waals surface area contributed by atoms with E-state index < -0.39 is 0 Å². The molecule has 2 aromatic rings. The number of likely N-dealkylation sites (N-methyl/N-ethyl adjacent to an activating group) is 1. The van der Waals surface area contributed by atoms with Gasteiger partial charge in [-0.2, -0.15) is 0 Å². The van der Waals surface area contributed by atoms with Gasteiger partial charge in [0, 0.05) is 37.0 Å². The van der Waals surface area contributed by atoms with Crippen molar-refractivity contribution in [2.24, 2.45) is 0 Å². The second-order valence-electron chi connectivity index (χ2n) is 6.57. The first kappa shape index (κ1) is 15.0. The minimum absolute atomic E-state index is 0.302. The molecule has 1 aliphatic carbocycles. The summed E-state index contributed by atoms with van der Waals surface area (Å²) >= 11 is 0. The summed E-state index contributed by atoms with van der Waals surface area (Å²) in [5, 5.41) is 0. The Kier molecular flexibility index (Phi) is 4.16. The molecule has 0 saturated heterocycles. The van der Waals surface area contributed by atoms with Gasteiger partial charge >= 0.3 is 0 Å². The first-order chi connectivity index (χ1) is 10.6. The summed E-state index contributed by atoms with van der Waals surface area (Å²) in [6.45, 7) is 3.99. The van der Waals surface area contributed by atoms with E-state index in [2.05, 4.69) is 60.9 Å². The molecule has 1 unspecified atom stereocenters. The van der Waals surface area contributed by atoms with E-state index in [9.17, 15) is 4.79 Å². The molecule has 116 valence electrons. The topological polar surface area (TPSA) is 25.2 Å². The van der Waals surface area contributed by atoms with Crippen LogP contribution in [-0.2, 0) is 13.0 Å². The Morgan fingerprint density at radius 3 is 2.59 bits per heavy atom. The SMILES string of the molecule is Cc1cn(CCN(C)C)c2c1C(=O)CC(c1ccccc1)C2. The molecule has 0 fully saturated rings. The Balaban J connectivity index is 1.92. The monoisotopic (exact) mass is 296 g/mol. The number of ketones is 1. The predicted octanol–water partition coefficient (Wildman–Crippen LogP) is 3.27. The molecule has 3 rings (SSSR count). The van der Waals surface area contributed by atoms with Crippen molar-refractivity contribution in [1.82, 2.24) is 9.47 Å². The Hall–Kier alpha value is -1.87. The summed E-state index contributed by atoms with van der Waals surface area (Å²) in [5.74, 6) is 0.616. The lowest BCUT2D eigenvalue weighted by atomic mass is 9.81. The van der Waals surface area contributed by atoms with Gasteiger partial charge < -0.3 is 9.47 Å². The molecule has 1 heterocycles. The average molecular weight is 296 g/mol. The molecule has 1 atom stereocenters. The van der Waals surface area contributed by atoms with Gasteiger partial charge in [0.1, 0.15) is 0 Å². The summed E-state index contributed by atoms with van der Waals surface area (Å²) in [6, 6.07) is 10.4. The van der Waals surface area contributed by atoms with E-state index >= 15 is 0 Å². The third kappa shape index (κ3) is 2.86. The third-order valence-electron chi connectivity index (χ3n) is 4.59. The largest absolute Gasteiger partial charge is 0.349 e. The van der Waals surface area contributed by atoms with Crippen LogP contribution in [0, 0.1) is 6.92 Å². The van der Waals surface area contributed by atoms with Crippen LogP contribution in [0.5, 0.6) is 0 Å². The molecular formula is C19H24N2O. The van der Waals surface area contributed by atoms with Gasteiger partial charge in [0.05, 0.1) is 0 Å². The van der Waals surface area contributed by atoms with E-state index in [1.807, 2.05) is 6.07 Å². The van der Waals surface area contributed by atoms with Crippen molar-refractivity contribution in [1.29, 1.82) is 0 Å². The Labute approximate surface area is 132 Å². The zero-order valence-corrected chi connectivity index (χ0v) is 13.7. The molecule has 22 heavy (non-hydrogen) atoms. The van der Waals surface area contributed by atoms with Gasteiger partial charge in [-0.05, 0) is 44.5 Å². The molecule has 0 amide bonds. The minimum Gasteiger partial charge on any atom is -0.349 e. The van der Waals surface area contributed by atoms with Crippen LogP contribution in [0.2, 0.25) is 0 Å². The van der Waals surface area contributed by atoms with E-state index in [0.717, 1.165) is 30.6 Å². The first-order valence-corrected chi connectivity index (χ1v) is 7.97. The summed E-state index contributed by atoms with van der Waals surface area (Å²) in [6.07, 6.45) is 3.75. The number of carbonyl (C=O) groups is 1. The summed E-state index contributed by atoms with van der Waals surface area (Å²) in [5.41, 5.74) is 4.61. The lowest BCUT2D eigenvalue weighted by molar-refractivity contribution is 0.0962. The number of rotatable bonds is 4. The van der Waals surface area contributed by atoms with E-state index in [4.69, 9.17) is 0 Å². The average Bonchev–Trinajstić information content (AvgIpc) is 2.83. The van der Waals surface area contributed by atoms with Crippen LogP contribution in [0.1, 0.15) is 39.5 Å². The van der Waals surface area contributed by atoms with Crippen molar-refractivity contribution < 1.29 is 4.79 Å². The number of hydrogen-bond acceptors (Lipinski definition) is 2. The highest BCUT2D eigenvalue weighted by Crippen LogP contribution is 2.34. The van der Waals surface area contributed by atoms with Crippen molar-refractivity contribution in [3.8, 4) is 0 Å². The Morgan fingerprint density at radius 2 is 1.91 bits per heavy atom. The van der Waals surface area contributed by atoms with Gasteiger partial charge in [-0.3, -0.25) is 4.79 Å². The predicted molar refractivity (Wildman–Crippen MR) is 89.6 cm³/mol. The van der Waals surface area contributed by atoms with Crippen molar-refractivity contribution in [3.05, 3.63) is 58.9 Å². The molecule has 1 aromatic carbocycles. The number of aryl methyl sites for hydroxylation is 1. The van der Waals surface area contributed by atoms with Gasteiger partial charge in [0.15, 0.2) is 5.78 Å². The second kappa shape index (κ2) is 6.09. The van der Waals surface area contributed by atoms with E-state index in [0.29, 0.717) is 18.1 Å². The molecule has 0 N–H and O–H groups in total. The lowest BCUT2D eigenvalue weighted by Crippen LogP contribution is -2.23. The number of fused-ring (bicyclic) bond motifs is 1. The molecule has 0 radical (unpaired) electrons. The standard InChI is InChI=1S/C19H24N2O/c1-14-13-21(10-9-20(2)3)17-11-16(12-18(22)19(14)17)15-7-5-4-6-8-15/h4-8,13,16H,9-12H2,1-3H3. The van der Waals surface area contributed by atoms with Crippen molar-refractivity contribution in [3.63, 3.8) is 0 Å². The van der Waals surface area contributed by atoms with Crippen LogP contribution < -0.4 is 0 Å². The summed E-state index contributed by atoms with van der Waals surface area (Å²) in [4.78, 5) is 14.8. The Morgan fingerprint density at radius 1 is 1.18 bits per heavy atom. The molecule has 0 aliphatic heterocycles. The van der Waals surface area contributed by atoms with Crippen LogP contribution in [-0.4, -0.2) is 35.9 Å². The first-order valence-electron chi connectivity index (χ1n) is 7.97. The van der Waals surface area contributed by atoms with E-state index in [1.165, 1.54) is 11.3 Å². The summed E-state index contributed by atoms with van der Waals surface area (Å²) in [7, 11) is 4.17. The van der Waals surface area contributed by atoms with Crippen LogP contribution in [0.4, 0.5) is 0 Å².